The number of thiazole rings is 1. The molecule has 0 atom stereocenters. The van der Waals surface area contributed by atoms with Gasteiger partial charge >= 0.3 is 5.97 Å². The fourth-order valence-electron chi connectivity index (χ4n) is 1.69. The molecule has 2 aromatic rings. The number of methoxy groups -OCH3 is 1. The van der Waals surface area contributed by atoms with Gasteiger partial charge < -0.3 is 9.84 Å². The van der Waals surface area contributed by atoms with E-state index in [9.17, 15) is 4.79 Å². The molecule has 0 saturated carbocycles. The zero-order valence-corrected chi connectivity index (χ0v) is 11.0. The number of carboxylic acid groups (broad SMARTS) is 1. The molecule has 0 spiro atoms. The van der Waals surface area contributed by atoms with Crippen LogP contribution in [0.3, 0.4) is 0 Å². The summed E-state index contributed by atoms with van der Waals surface area (Å²) < 4.78 is 5.20. The first-order valence-electron chi connectivity index (χ1n) is 5.41. The predicted molar refractivity (Wildman–Crippen MR) is 70.2 cm³/mol. The first-order chi connectivity index (χ1) is 8.60. The van der Waals surface area contributed by atoms with Crippen molar-refractivity contribution in [2.75, 3.05) is 7.11 Å². The van der Waals surface area contributed by atoms with E-state index in [1.165, 1.54) is 11.3 Å². The summed E-state index contributed by atoms with van der Waals surface area (Å²) in [5, 5.41) is 11.2. The molecule has 0 saturated heterocycles. The highest BCUT2D eigenvalue weighted by Gasteiger charge is 2.09. The Morgan fingerprint density at radius 1 is 1.50 bits per heavy atom. The Bertz CT molecular complexity index is 577. The monoisotopic (exact) mass is 263 g/mol. The number of benzene rings is 1. The Hall–Kier alpha value is -1.88. The lowest BCUT2D eigenvalue weighted by Gasteiger charge is -2.05. The molecule has 4 nitrogen and oxygen atoms in total. The van der Waals surface area contributed by atoms with Crippen molar-refractivity contribution in [1.82, 2.24) is 4.98 Å². The highest BCUT2D eigenvalue weighted by atomic mass is 32.1. The van der Waals surface area contributed by atoms with Crippen LogP contribution < -0.4 is 4.74 Å². The van der Waals surface area contributed by atoms with Gasteiger partial charge in [-0.1, -0.05) is 0 Å². The van der Waals surface area contributed by atoms with Gasteiger partial charge in [-0.15, -0.1) is 11.3 Å². The lowest BCUT2D eigenvalue weighted by Crippen LogP contribution is -1.99. The third-order valence-electron chi connectivity index (χ3n) is 2.54. The molecule has 5 heteroatoms. The Balaban J connectivity index is 2.28. The number of carboxylic acids is 1. The lowest BCUT2D eigenvalue weighted by molar-refractivity contribution is -0.136. The lowest BCUT2D eigenvalue weighted by atomic mass is 10.1. The van der Waals surface area contributed by atoms with E-state index in [2.05, 4.69) is 4.98 Å². The standard InChI is InChI=1S/C13H13NO3S/c1-8-5-9(3-4-11(8)17-2)10-7-18-12(14-10)6-13(15)16/h3-5,7H,6H2,1-2H3,(H,15,16). The van der Waals surface area contributed by atoms with Crippen molar-refractivity contribution in [3.8, 4) is 17.0 Å². The molecule has 1 N–H and O–H groups in total. The quantitative estimate of drug-likeness (QED) is 0.921. The Labute approximate surface area is 109 Å². The molecule has 0 amide bonds. The number of nitrogens with zero attached hydrogens (tertiary/aromatic N) is 1. The van der Waals surface area contributed by atoms with Crippen molar-refractivity contribution in [1.29, 1.82) is 0 Å². The fourth-order valence-corrected chi connectivity index (χ4v) is 2.49. The van der Waals surface area contributed by atoms with E-state index in [0.29, 0.717) is 5.01 Å². The largest absolute Gasteiger partial charge is 0.496 e. The second-order valence-corrected chi connectivity index (χ2v) is 4.82. The Kier molecular flexibility index (Phi) is 3.62. The van der Waals surface area contributed by atoms with E-state index >= 15 is 0 Å². The summed E-state index contributed by atoms with van der Waals surface area (Å²) in [6, 6.07) is 5.80. The smallest absolute Gasteiger partial charge is 0.310 e. The van der Waals surface area contributed by atoms with E-state index in [1.807, 2.05) is 30.5 Å². The van der Waals surface area contributed by atoms with Gasteiger partial charge in [-0.05, 0) is 30.7 Å². The second-order valence-electron chi connectivity index (χ2n) is 3.88. The molecule has 1 heterocycles. The molecule has 0 unspecified atom stereocenters. The number of carbonyl (C=O) groups is 1. The van der Waals surface area contributed by atoms with Crippen LogP contribution in [0.1, 0.15) is 10.6 Å². The van der Waals surface area contributed by atoms with Crippen LogP contribution in [0, 0.1) is 6.92 Å². The maximum atomic E-state index is 10.6. The molecule has 0 bridgehead atoms. The molecule has 0 aliphatic carbocycles. The molecule has 1 aromatic carbocycles. The first-order valence-corrected chi connectivity index (χ1v) is 6.29. The van der Waals surface area contributed by atoms with Crippen LogP contribution in [0.25, 0.3) is 11.3 Å². The molecule has 2 rings (SSSR count). The van der Waals surface area contributed by atoms with Crippen LogP contribution in [0.2, 0.25) is 0 Å². The SMILES string of the molecule is COc1ccc(-c2csc(CC(=O)O)n2)cc1C. The van der Waals surface area contributed by atoms with E-state index < -0.39 is 5.97 Å². The zero-order valence-electron chi connectivity index (χ0n) is 10.1. The molecule has 0 radical (unpaired) electrons. The van der Waals surface area contributed by atoms with Gasteiger partial charge in [0.1, 0.15) is 10.8 Å². The number of rotatable bonds is 4. The summed E-state index contributed by atoms with van der Waals surface area (Å²) in [5.74, 6) is -0.0263. The van der Waals surface area contributed by atoms with E-state index in [-0.39, 0.29) is 6.42 Å². The average Bonchev–Trinajstić information content (AvgIpc) is 2.76. The fraction of sp³-hybridized carbons (Fsp3) is 0.231. The first kappa shape index (κ1) is 12.6. The second kappa shape index (κ2) is 5.18. The third-order valence-corrected chi connectivity index (χ3v) is 3.39. The van der Waals surface area contributed by atoms with Gasteiger partial charge in [-0.25, -0.2) is 4.98 Å². The predicted octanol–water partition coefficient (Wildman–Crippen LogP) is 2.75. The summed E-state index contributed by atoms with van der Waals surface area (Å²) in [6.45, 7) is 1.97. The summed E-state index contributed by atoms with van der Waals surface area (Å²) in [5.41, 5.74) is 2.81. The van der Waals surface area contributed by atoms with Crippen LogP contribution in [0.15, 0.2) is 23.6 Å². The van der Waals surface area contributed by atoms with Gasteiger partial charge in [-0.3, -0.25) is 4.79 Å². The minimum Gasteiger partial charge on any atom is -0.496 e. The average molecular weight is 263 g/mol. The number of aromatic nitrogens is 1. The topological polar surface area (TPSA) is 59.4 Å². The van der Waals surface area contributed by atoms with Crippen molar-refractivity contribution < 1.29 is 14.6 Å². The van der Waals surface area contributed by atoms with Crippen LogP contribution in [0.4, 0.5) is 0 Å². The van der Waals surface area contributed by atoms with Crippen LogP contribution in [0.5, 0.6) is 5.75 Å². The number of hydrogen-bond donors (Lipinski definition) is 1. The number of hydrogen-bond acceptors (Lipinski definition) is 4. The maximum absolute atomic E-state index is 10.6. The molecular weight excluding hydrogens is 250 g/mol. The van der Waals surface area contributed by atoms with E-state index in [4.69, 9.17) is 9.84 Å². The molecule has 0 fully saturated rings. The van der Waals surface area contributed by atoms with Gasteiger partial charge in [0.2, 0.25) is 0 Å². The molecular formula is C13H13NO3S. The van der Waals surface area contributed by atoms with E-state index in [1.54, 1.807) is 7.11 Å². The minimum absolute atomic E-state index is 0.0280. The molecule has 94 valence electrons. The van der Waals surface area contributed by atoms with Crippen molar-refractivity contribution in [3.63, 3.8) is 0 Å². The van der Waals surface area contributed by atoms with Crippen molar-refractivity contribution in [2.24, 2.45) is 0 Å². The summed E-state index contributed by atoms with van der Waals surface area (Å²) >= 11 is 1.37. The maximum Gasteiger partial charge on any atom is 0.310 e. The van der Waals surface area contributed by atoms with Crippen molar-refractivity contribution in [2.45, 2.75) is 13.3 Å². The zero-order chi connectivity index (χ0) is 13.1. The van der Waals surface area contributed by atoms with Gasteiger partial charge in [0.05, 0.1) is 19.2 Å². The van der Waals surface area contributed by atoms with Gasteiger partial charge in [0, 0.05) is 10.9 Å². The van der Waals surface area contributed by atoms with Crippen molar-refractivity contribution in [3.05, 3.63) is 34.2 Å². The summed E-state index contributed by atoms with van der Waals surface area (Å²) in [4.78, 5) is 14.9. The van der Waals surface area contributed by atoms with Gasteiger partial charge in [0.25, 0.3) is 0 Å². The third kappa shape index (κ3) is 2.68. The molecule has 0 aliphatic heterocycles. The summed E-state index contributed by atoms with van der Waals surface area (Å²) in [6.07, 6.45) is -0.0280. The number of aliphatic carboxylic acids is 1. The number of aryl methyl sites for hydroxylation is 1. The molecule has 18 heavy (non-hydrogen) atoms. The van der Waals surface area contributed by atoms with E-state index in [0.717, 1.165) is 22.6 Å². The highest BCUT2D eigenvalue weighted by molar-refractivity contribution is 7.10. The molecule has 1 aromatic heterocycles. The Morgan fingerprint density at radius 2 is 2.28 bits per heavy atom. The number of ether oxygens (including phenoxy) is 1. The molecule has 0 aliphatic rings. The van der Waals surface area contributed by atoms with Crippen LogP contribution in [-0.4, -0.2) is 23.2 Å². The van der Waals surface area contributed by atoms with Gasteiger partial charge in [-0.2, -0.15) is 0 Å². The summed E-state index contributed by atoms with van der Waals surface area (Å²) in [7, 11) is 1.63. The normalized spacial score (nSPS) is 10.3. The van der Waals surface area contributed by atoms with Crippen LogP contribution in [-0.2, 0) is 11.2 Å². The highest BCUT2D eigenvalue weighted by Crippen LogP contribution is 2.27. The van der Waals surface area contributed by atoms with Gasteiger partial charge in [0.15, 0.2) is 0 Å². The Morgan fingerprint density at radius 3 is 2.89 bits per heavy atom. The van der Waals surface area contributed by atoms with Crippen LogP contribution >= 0.6 is 11.3 Å². The minimum atomic E-state index is -0.859. The van der Waals surface area contributed by atoms with Crippen molar-refractivity contribution >= 4 is 17.3 Å².